The zero-order chi connectivity index (χ0) is 38.9. The molecule has 1 heteroatoms. The predicted molar refractivity (Wildman–Crippen MR) is 239 cm³/mol. The maximum absolute atomic E-state index is 2.82. The molecule has 0 unspecified atom stereocenters. The summed E-state index contributed by atoms with van der Waals surface area (Å²) < 4.78 is 5.31. The molecule has 0 aromatic heterocycles. The fourth-order valence-electron chi connectivity index (χ4n) is 9.08. The third kappa shape index (κ3) is 8.04. The molecule has 280 valence electrons. The first-order chi connectivity index (χ1) is 27.1. The number of allylic oxidation sites excluding steroid dienone is 4. The summed E-state index contributed by atoms with van der Waals surface area (Å²) in [6.07, 6.45) is 13.9. The van der Waals surface area contributed by atoms with Crippen LogP contribution in [0, 0.1) is 0 Å². The third-order valence-electron chi connectivity index (χ3n) is 11.9. The van der Waals surface area contributed by atoms with Crippen molar-refractivity contribution in [2.45, 2.75) is 90.9 Å². The Labute approximate surface area is 344 Å². The van der Waals surface area contributed by atoms with E-state index in [1.165, 1.54) is 61.2 Å². The van der Waals surface area contributed by atoms with Gasteiger partial charge in [-0.2, -0.15) is 0 Å². The zero-order valence-electron chi connectivity index (χ0n) is 34.3. The van der Waals surface area contributed by atoms with Gasteiger partial charge in [0.1, 0.15) is 0 Å². The van der Waals surface area contributed by atoms with E-state index < -0.39 is 21.3 Å². The molecule has 0 radical (unpaired) electrons. The van der Waals surface area contributed by atoms with Crippen LogP contribution in [0.2, 0.25) is 0 Å². The monoisotopic (exact) mass is 806 g/mol. The van der Waals surface area contributed by atoms with Crippen LogP contribution in [0.4, 0.5) is 0 Å². The molecular weight excluding hydrogens is 752 g/mol. The second-order valence-electron chi connectivity index (χ2n) is 17.9. The molecule has 6 aromatic carbocycles. The topological polar surface area (TPSA) is 0 Å². The Hall–Kier alpha value is -4.45. The van der Waals surface area contributed by atoms with E-state index in [2.05, 4.69) is 199 Å². The second kappa shape index (κ2) is 16.2. The molecule has 0 N–H and O–H groups in total. The first-order valence-corrected chi connectivity index (χ1v) is 24.4. The van der Waals surface area contributed by atoms with Crippen LogP contribution < -0.4 is 3.27 Å². The van der Waals surface area contributed by atoms with Crippen molar-refractivity contribution in [2.24, 2.45) is 0 Å². The van der Waals surface area contributed by atoms with E-state index in [4.69, 9.17) is 0 Å². The number of rotatable bonds is 10. The minimum atomic E-state index is -2.82. The number of hydrogen-bond acceptors (Lipinski definition) is 0. The van der Waals surface area contributed by atoms with Crippen molar-refractivity contribution >= 4 is 6.48 Å². The van der Waals surface area contributed by atoms with Gasteiger partial charge >= 0.3 is 346 Å². The first-order valence-electron chi connectivity index (χ1n) is 20.7. The summed E-state index contributed by atoms with van der Waals surface area (Å²) in [5, 5.41) is 0. The fraction of sp³-hybridized carbons (Fsp3) is 0.255. The fourth-order valence-corrected chi connectivity index (χ4v) is 17.7. The van der Waals surface area contributed by atoms with E-state index in [1.54, 1.807) is 12.1 Å². The van der Waals surface area contributed by atoms with Crippen molar-refractivity contribution in [1.82, 2.24) is 0 Å². The van der Waals surface area contributed by atoms with Crippen LogP contribution in [0.5, 0.6) is 0 Å². The SMILES string of the molecule is CC(C)(C)c1cc2c(cc1-c1ccccc1)Cc1c-2cc(C(C)(C)C)c(-c2ccccc2)[c]1[Zr]([C]1=CC=CC1)=[C](CCc1ccccc1)CCc1ccccc1. The summed E-state index contributed by atoms with van der Waals surface area (Å²) in [7, 11) is 0. The predicted octanol–water partition coefficient (Wildman–Crippen LogP) is 13.7. The van der Waals surface area contributed by atoms with E-state index >= 15 is 0 Å². The van der Waals surface area contributed by atoms with Gasteiger partial charge in [-0.1, -0.05) is 0 Å². The molecule has 0 saturated heterocycles. The van der Waals surface area contributed by atoms with Gasteiger partial charge in [-0.3, -0.25) is 0 Å². The molecule has 0 fully saturated rings. The van der Waals surface area contributed by atoms with E-state index in [9.17, 15) is 0 Å². The Morgan fingerprint density at radius 3 is 1.59 bits per heavy atom. The summed E-state index contributed by atoms with van der Waals surface area (Å²) in [6.45, 7) is 14.5. The Kier molecular flexibility index (Phi) is 11.1. The molecule has 0 spiro atoms. The Morgan fingerprint density at radius 2 is 1.07 bits per heavy atom. The number of fused-ring (bicyclic) bond motifs is 3. The van der Waals surface area contributed by atoms with Crippen LogP contribution in [0.25, 0.3) is 33.4 Å². The van der Waals surface area contributed by atoms with Crippen LogP contribution in [0.15, 0.2) is 161 Å². The molecule has 0 atom stereocenters. The summed E-state index contributed by atoms with van der Waals surface area (Å²) >= 11 is -2.82. The molecule has 6 aromatic rings. The van der Waals surface area contributed by atoms with Crippen LogP contribution in [0.1, 0.15) is 94.2 Å². The summed E-state index contributed by atoms with van der Waals surface area (Å²) in [4.78, 5) is 0. The van der Waals surface area contributed by atoms with Gasteiger partial charge in [0.25, 0.3) is 0 Å². The van der Waals surface area contributed by atoms with Crippen LogP contribution in [-0.4, -0.2) is 3.21 Å². The van der Waals surface area contributed by atoms with Gasteiger partial charge in [0.2, 0.25) is 0 Å². The third-order valence-corrected chi connectivity index (χ3v) is 20.0. The van der Waals surface area contributed by atoms with Gasteiger partial charge in [-0.05, 0) is 0 Å². The summed E-state index contributed by atoms with van der Waals surface area (Å²) in [6, 6.07) is 52.8. The van der Waals surface area contributed by atoms with Crippen LogP contribution >= 0.6 is 0 Å². The average Bonchev–Trinajstić information content (AvgIpc) is 3.87. The number of aryl methyl sites for hydroxylation is 2. The second-order valence-corrected chi connectivity index (χ2v) is 24.3. The molecule has 0 saturated carbocycles. The number of benzene rings is 6. The zero-order valence-corrected chi connectivity index (χ0v) is 36.7. The molecule has 0 nitrogen and oxygen atoms in total. The Balaban J connectivity index is 1.44. The quantitative estimate of drug-likeness (QED) is 0.129. The molecule has 0 amide bonds. The van der Waals surface area contributed by atoms with E-state index in [0.29, 0.717) is 0 Å². The van der Waals surface area contributed by atoms with Crippen molar-refractivity contribution in [2.75, 3.05) is 0 Å². The van der Waals surface area contributed by atoms with Crippen molar-refractivity contribution in [1.29, 1.82) is 0 Å². The molecule has 0 aliphatic heterocycles. The van der Waals surface area contributed by atoms with E-state index in [-0.39, 0.29) is 10.8 Å². The standard InChI is InChI=1S/C33H33.C17H18.C5H5.Zr/c1-32(2,3)30-20-26-24(18-28(30)22-13-9-7-10-14-22)17-25-19-29(23-15-11-8-12-16-23)31(21-27(25)26)33(4,5)6;1-4-10-16(11-5-1)14-8-3-9-15-17-12-6-2-7-13-17;1-2-4-5-3-1;/h7-16,18,20-21H,17H2,1-6H3;1-2,4-7,10-13H,8-9,14-15H2;1-3H,4H2;. The van der Waals surface area contributed by atoms with Crippen molar-refractivity contribution < 1.29 is 21.3 Å². The normalized spacial score (nSPS) is 13.4. The number of hydrogen-bond donors (Lipinski definition) is 0. The van der Waals surface area contributed by atoms with Gasteiger partial charge < -0.3 is 0 Å². The molecule has 0 bridgehead atoms. The van der Waals surface area contributed by atoms with Gasteiger partial charge in [0.05, 0.1) is 0 Å². The first kappa shape index (κ1) is 38.4. The van der Waals surface area contributed by atoms with Crippen molar-refractivity contribution in [3.63, 3.8) is 0 Å². The Bertz CT molecular complexity index is 2390. The molecule has 56 heavy (non-hydrogen) atoms. The molecule has 0 heterocycles. The maximum atomic E-state index is 2.64. The molecular formula is C55H56Zr. The summed E-state index contributed by atoms with van der Waals surface area (Å²) in [5.74, 6) is 0. The van der Waals surface area contributed by atoms with E-state index in [0.717, 1.165) is 38.5 Å². The molecule has 2 aliphatic rings. The van der Waals surface area contributed by atoms with Crippen molar-refractivity contribution in [3.05, 3.63) is 194 Å². The van der Waals surface area contributed by atoms with Crippen molar-refractivity contribution in [3.8, 4) is 33.4 Å². The van der Waals surface area contributed by atoms with E-state index in [1.807, 2.05) is 3.21 Å². The molecule has 8 rings (SSSR count). The van der Waals surface area contributed by atoms with Gasteiger partial charge in [-0.15, -0.1) is 0 Å². The summed E-state index contributed by atoms with van der Waals surface area (Å²) in [5.41, 5.74) is 17.4. The van der Waals surface area contributed by atoms with Crippen LogP contribution in [-0.2, 0) is 51.4 Å². The average molecular weight is 808 g/mol. The van der Waals surface area contributed by atoms with Gasteiger partial charge in [0, 0.05) is 0 Å². The minimum absolute atomic E-state index is 0.000295. The van der Waals surface area contributed by atoms with Gasteiger partial charge in [0.15, 0.2) is 0 Å². The van der Waals surface area contributed by atoms with Gasteiger partial charge in [-0.25, -0.2) is 0 Å². The molecule has 2 aliphatic carbocycles. The van der Waals surface area contributed by atoms with Crippen LogP contribution in [0.3, 0.4) is 0 Å². The Morgan fingerprint density at radius 1 is 0.554 bits per heavy atom.